The topological polar surface area (TPSA) is 123 Å². The molecule has 0 aliphatic rings. The molecule has 3 rings (SSSR count). The van der Waals surface area contributed by atoms with Gasteiger partial charge in [-0.1, -0.05) is 0 Å². The molecule has 0 spiro atoms. The third-order valence-electron chi connectivity index (χ3n) is 3.28. The highest BCUT2D eigenvalue weighted by Gasteiger charge is 2.11. The number of fused-ring (bicyclic) bond motifs is 1. The summed E-state index contributed by atoms with van der Waals surface area (Å²) in [4.78, 5) is 33.5. The van der Waals surface area contributed by atoms with Crippen molar-refractivity contribution in [2.24, 2.45) is 0 Å². The number of hydrogen-bond donors (Lipinski definition) is 2. The Morgan fingerprint density at radius 2 is 2.04 bits per heavy atom. The van der Waals surface area contributed by atoms with Crippen molar-refractivity contribution < 1.29 is 14.5 Å². The van der Waals surface area contributed by atoms with Gasteiger partial charge in [0.25, 0.3) is 5.69 Å². The minimum absolute atomic E-state index is 0.00753. The summed E-state index contributed by atoms with van der Waals surface area (Å²) in [5, 5.41) is 13.3. The number of ether oxygens (including phenoxy) is 1. The smallest absolute Gasteiger partial charge is 0.411 e. The molecule has 0 saturated heterocycles. The standard InChI is InChI=1S/C16H15N5O4/c1-9(2)25-16(22)18-11-7-13-15(17-8-11)20-14(19-13)10-3-5-12(6-4-10)21(23)24/h3-9H,1-2H3,(H,18,22)(H,17,19,20). The first-order valence-corrected chi connectivity index (χ1v) is 7.50. The maximum Gasteiger partial charge on any atom is 0.411 e. The van der Waals surface area contributed by atoms with Crippen molar-refractivity contribution in [2.45, 2.75) is 20.0 Å². The van der Waals surface area contributed by atoms with Crippen LogP contribution in [-0.4, -0.2) is 32.1 Å². The first-order chi connectivity index (χ1) is 11.9. The first-order valence-electron chi connectivity index (χ1n) is 7.50. The number of nitrogens with zero attached hydrogens (tertiary/aromatic N) is 3. The summed E-state index contributed by atoms with van der Waals surface area (Å²) in [7, 11) is 0. The molecule has 2 heterocycles. The molecule has 2 aromatic heterocycles. The lowest BCUT2D eigenvalue weighted by Crippen LogP contribution is -2.18. The second-order valence-corrected chi connectivity index (χ2v) is 5.56. The van der Waals surface area contributed by atoms with Gasteiger partial charge in [-0.25, -0.2) is 14.8 Å². The summed E-state index contributed by atoms with van der Waals surface area (Å²) in [5.74, 6) is 0.527. The number of anilines is 1. The minimum Gasteiger partial charge on any atom is -0.447 e. The molecule has 0 radical (unpaired) electrons. The van der Waals surface area contributed by atoms with Crippen LogP contribution in [0.25, 0.3) is 22.6 Å². The molecule has 0 bridgehead atoms. The molecular weight excluding hydrogens is 326 g/mol. The van der Waals surface area contributed by atoms with Crippen LogP contribution in [0, 0.1) is 10.1 Å². The summed E-state index contributed by atoms with van der Waals surface area (Å²) in [6, 6.07) is 7.69. The van der Waals surface area contributed by atoms with Gasteiger partial charge in [-0.3, -0.25) is 15.4 Å². The molecule has 2 N–H and O–H groups in total. The number of H-pyrrole nitrogens is 1. The third kappa shape index (κ3) is 3.71. The van der Waals surface area contributed by atoms with Crippen LogP contribution in [0.1, 0.15) is 13.8 Å². The average Bonchev–Trinajstić information content (AvgIpc) is 2.97. The first kappa shape index (κ1) is 16.4. The molecule has 0 unspecified atom stereocenters. The molecule has 9 nitrogen and oxygen atoms in total. The SMILES string of the molecule is CC(C)OC(=O)Nc1cnc2[nH]c(-c3ccc([N+](=O)[O-])cc3)nc2c1. The Labute approximate surface area is 142 Å². The van der Waals surface area contributed by atoms with Crippen LogP contribution < -0.4 is 5.32 Å². The third-order valence-corrected chi connectivity index (χ3v) is 3.28. The van der Waals surface area contributed by atoms with E-state index in [1.54, 1.807) is 32.0 Å². The monoisotopic (exact) mass is 341 g/mol. The lowest BCUT2D eigenvalue weighted by Gasteiger charge is -2.08. The summed E-state index contributed by atoms with van der Waals surface area (Å²) < 4.78 is 5.01. The Morgan fingerprint density at radius 3 is 2.68 bits per heavy atom. The summed E-state index contributed by atoms with van der Waals surface area (Å²) in [6.45, 7) is 3.51. The van der Waals surface area contributed by atoms with E-state index >= 15 is 0 Å². The Hall–Kier alpha value is -3.49. The number of aromatic amines is 1. The zero-order valence-electron chi connectivity index (χ0n) is 13.5. The number of aromatic nitrogens is 3. The van der Waals surface area contributed by atoms with Crippen molar-refractivity contribution in [1.29, 1.82) is 0 Å². The lowest BCUT2D eigenvalue weighted by atomic mass is 10.2. The van der Waals surface area contributed by atoms with Gasteiger partial charge in [-0.15, -0.1) is 0 Å². The molecule has 1 aromatic carbocycles. The highest BCUT2D eigenvalue weighted by molar-refractivity contribution is 5.88. The van der Waals surface area contributed by atoms with Crippen molar-refractivity contribution in [2.75, 3.05) is 5.32 Å². The maximum absolute atomic E-state index is 11.6. The fourth-order valence-electron chi connectivity index (χ4n) is 2.20. The molecule has 1 amide bonds. The molecule has 0 saturated carbocycles. The van der Waals surface area contributed by atoms with E-state index in [4.69, 9.17) is 4.74 Å². The average molecular weight is 341 g/mol. The summed E-state index contributed by atoms with van der Waals surface area (Å²) >= 11 is 0. The van der Waals surface area contributed by atoms with Gasteiger partial charge < -0.3 is 9.72 Å². The molecule has 128 valence electrons. The molecule has 0 aliphatic carbocycles. The zero-order chi connectivity index (χ0) is 18.0. The van der Waals surface area contributed by atoms with Crippen molar-refractivity contribution in [3.8, 4) is 11.4 Å². The van der Waals surface area contributed by atoms with E-state index in [0.717, 1.165) is 0 Å². The van der Waals surface area contributed by atoms with Crippen LogP contribution in [0.4, 0.5) is 16.2 Å². The number of imidazole rings is 1. The minimum atomic E-state index is -0.567. The maximum atomic E-state index is 11.6. The highest BCUT2D eigenvalue weighted by Crippen LogP contribution is 2.23. The number of amides is 1. The van der Waals surface area contributed by atoms with Gasteiger partial charge in [-0.05, 0) is 32.0 Å². The van der Waals surface area contributed by atoms with Crippen LogP contribution in [0.3, 0.4) is 0 Å². The van der Waals surface area contributed by atoms with E-state index in [-0.39, 0.29) is 11.8 Å². The van der Waals surface area contributed by atoms with Gasteiger partial charge in [0, 0.05) is 17.7 Å². The van der Waals surface area contributed by atoms with E-state index in [9.17, 15) is 14.9 Å². The zero-order valence-corrected chi connectivity index (χ0v) is 13.5. The number of carbonyl (C=O) groups is 1. The number of rotatable bonds is 4. The van der Waals surface area contributed by atoms with Gasteiger partial charge in [0.05, 0.1) is 22.9 Å². The van der Waals surface area contributed by atoms with Gasteiger partial charge in [0.2, 0.25) is 0 Å². The normalized spacial score (nSPS) is 10.8. The number of nitro benzene ring substituents is 1. The fourth-order valence-corrected chi connectivity index (χ4v) is 2.20. The number of non-ortho nitro benzene ring substituents is 1. The lowest BCUT2D eigenvalue weighted by molar-refractivity contribution is -0.384. The molecule has 3 aromatic rings. The number of nitrogens with one attached hydrogen (secondary N) is 2. The second-order valence-electron chi connectivity index (χ2n) is 5.56. The Bertz CT molecular complexity index is 933. The van der Waals surface area contributed by atoms with E-state index in [1.807, 2.05) is 0 Å². The number of pyridine rings is 1. The molecule has 9 heteroatoms. The fraction of sp³-hybridized carbons (Fsp3) is 0.188. The molecular formula is C16H15N5O4. The van der Waals surface area contributed by atoms with Crippen molar-refractivity contribution in [3.63, 3.8) is 0 Å². The van der Waals surface area contributed by atoms with Gasteiger partial charge in [0.15, 0.2) is 5.65 Å². The van der Waals surface area contributed by atoms with Gasteiger partial charge in [0.1, 0.15) is 11.3 Å². The Balaban J connectivity index is 1.85. The van der Waals surface area contributed by atoms with Crippen molar-refractivity contribution >= 4 is 28.6 Å². The number of hydrogen-bond acceptors (Lipinski definition) is 6. The van der Waals surface area contributed by atoms with Crippen LogP contribution in [0.15, 0.2) is 36.5 Å². The molecule has 25 heavy (non-hydrogen) atoms. The summed E-state index contributed by atoms with van der Waals surface area (Å²) in [6.07, 6.45) is 0.694. The molecule has 0 fully saturated rings. The van der Waals surface area contributed by atoms with Crippen LogP contribution in [0.2, 0.25) is 0 Å². The Morgan fingerprint density at radius 1 is 1.32 bits per heavy atom. The predicted octanol–water partition coefficient (Wildman–Crippen LogP) is 3.49. The summed E-state index contributed by atoms with van der Waals surface area (Å²) in [5.41, 5.74) is 2.25. The van der Waals surface area contributed by atoms with E-state index in [0.29, 0.717) is 28.2 Å². The van der Waals surface area contributed by atoms with E-state index in [1.165, 1.54) is 18.3 Å². The Kier molecular flexibility index (Phi) is 4.29. The van der Waals surface area contributed by atoms with Crippen LogP contribution in [0.5, 0.6) is 0 Å². The van der Waals surface area contributed by atoms with E-state index in [2.05, 4.69) is 20.3 Å². The largest absolute Gasteiger partial charge is 0.447 e. The van der Waals surface area contributed by atoms with Crippen LogP contribution in [-0.2, 0) is 4.74 Å². The van der Waals surface area contributed by atoms with E-state index < -0.39 is 11.0 Å². The highest BCUT2D eigenvalue weighted by atomic mass is 16.6. The molecule has 0 atom stereocenters. The second kappa shape index (κ2) is 6.56. The van der Waals surface area contributed by atoms with Crippen LogP contribution >= 0.6 is 0 Å². The van der Waals surface area contributed by atoms with Gasteiger partial charge >= 0.3 is 6.09 Å². The van der Waals surface area contributed by atoms with Crippen molar-refractivity contribution in [1.82, 2.24) is 15.0 Å². The van der Waals surface area contributed by atoms with Crippen molar-refractivity contribution in [3.05, 3.63) is 46.6 Å². The van der Waals surface area contributed by atoms with Gasteiger partial charge in [-0.2, -0.15) is 0 Å². The number of benzene rings is 1. The quantitative estimate of drug-likeness (QED) is 0.553. The predicted molar refractivity (Wildman–Crippen MR) is 91.2 cm³/mol. The number of carbonyl (C=O) groups excluding carboxylic acids is 1. The molecule has 0 aliphatic heterocycles. The number of nitro groups is 1.